The average Bonchev–Trinajstić information content (AvgIpc) is 3.25. The molecule has 1 fully saturated rings. The van der Waals surface area contributed by atoms with Gasteiger partial charge in [-0.15, -0.1) is 11.3 Å². The van der Waals surface area contributed by atoms with Crippen LogP contribution in [0.15, 0.2) is 41.1 Å². The van der Waals surface area contributed by atoms with Crippen molar-refractivity contribution in [3.63, 3.8) is 0 Å². The monoisotopic (exact) mass is 340 g/mol. The summed E-state index contributed by atoms with van der Waals surface area (Å²) in [4.78, 5) is 17.8. The lowest BCUT2D eigenvalue weighted by Gasteiger charge is -2.19. The molecule has 1 saturated carbocycles. The van der Waals surface area contributed by atoms with Crippen LogP contribution in [0.5, 0.6) is 0 Å². The molecular formula is C19H20N2O2S. The van der Waals surface area contributed by atoms with Gasteiger partial charge in [0.05, 0.1) is 6.26 Å². The Morgan fingerprint density at radius 2 is 2.12 bits per heavy atom. The fourth-order valence-electron chi connectivity index (χ4n) is 3.40. The summed E-state index contributed by atoms with van der Waals surface area (Å²) in [6.45, 7) is 0. The summed E-state index contributed by atoms with van der Waals surface area (Å²) >= 11 is 1.55. The Morgan fingerprint density at radius 3 is 3.00 bits per heavy atom. The first-order valence-electron chi connectivity index (χ1n) is 8.50. The maximum Gasteiger partial charge on any atom is 0.229 e. The molecule has 124 valence electrons. The zero-order chi connectivity index (χ0) is 16.4. The van der Waals surface area contributed by atoms with Gasteiger partial charge in [-0.05, 0) is 18.9 Å². The molecule has 0 bridgehead atoms. The van der Waals surface area contributed by atoms with Crippen molar-refractivity contribution in [1.29, 1.82) is 0 Å². The Bertz CT molecular complexity index is 846. The molecule has 1 amide bonds. The van der Waals surface area contributed by atoms with Gasteiger partial charge in [0.25, 0.3) is 0 Å². The minimum absolute atomic E-state index is 0.128. The Kier molecular flexibility index (Phi) is 4.34. The third kappa shape index (κ3) is 3.22. The molecule has 2 aromatic heterocycles. The van der Waals surface area contributed by atoms with Crippen LogP contribution in [0.3, 0.4) is 0 Å². The van der Waals surface area contributed by atoms with E-state index in [0.29, 0.717) is 5.13 Å². The fraction of sp³-hybridized carbons (Fsp3) is 0.368. The normalized spacial score (nSPS) is 15.7. The molecule has 0 aliphatic heterocycles. The van der Waals surface area contributed by atoms with Crippen molar-refractivity contribution in [2.75, 3.05) is 5.32 Å². The smallest absolute Gasteiger partial charge is 0.229 e. The standard InChI is InChI=1S/C19H20N2O2S/c22-18(14-5-2-1-3-6-14)21-19-20-12-16(24-19)11-15-8-4-7-13-9-10-23-17(13)15/h4,7-10,12,14H,1-3,5-6,11H2,(H,20,21,22). The van der Waals surface area contributed by atoms with E-state index in [4.69, 9.17) is 4.42 Å². The maximum absolute atomic E-state index is 12.3. The van der Waals surface area contributed by atoms with Gasteiger partial charge in [0.15, 0.2) is 5.13 Å². The van der Waals surface area contributed by atoms with E-state index in [1.54, 1.807) is 17.6 Å². The lowest BCUT2D eigenvalue weighted by molar-refractivity contribution is -0.120. The molecule has 2 heterocycles. The van der Waals surface area contributed by atoms with Gasteiger partial charge in [0.2, 0.25) is 5.91 Å². The van der Waals surface area contributed by atoms with E-state index < -0.39 is 0 Å². The second-order valence-corrected chi connectivity index (χ2v) is 7.50. The number of rotatable bonds is 4. The average molecular weight is 340 g/mol. The second-order valence-electron chi connectivity index (χ2n) is 6.39. The number of furan rings is 1. The first kappa shape index (κ1) is 15.4. The minimum atomic E-state index is 0.128. The Morgan fingerprint density at radius 1 is 1.25 bits per heavy atom. The van der Waals surface area contributed by atoms with E-state index in [-0.39, 0.29) is 11.8 Å². The number of hydrogen-bond donors (Lipinski definition) is 1. The van der Waals surface area contributed by atoms with Gasteiger partial charge in [0.1, 0.15) is 5.58 Å². The van der Waals surface area contributed by atoms with Crippen LogP contribution in [0.25, 0.3) is 11.0 Å². The van der Waals surface area contributed by atoms with Gasteiger partial charge < -0.3 is 9.73 Å². The van der Waals surface area contributed by atoms with Crippen LogP contribution in [0, 0.1) is 5.92 Å². The summed E-state index contributed by atoms with van der Waals surface area (Å²) in [5, 5.41) is 4.81. The van der Waals surface area contributed by atoms with Crippen molar-refractivity contribution in [3.05, 3.63) is 47.2 Å². The molecule has 4 nitrogen and oxygen atoms in total. The number of amides is 1. The highest BCUT2D eigenvalue weighted by Gasteiger charge is 2.21. The number of fused-ring (bicyclic) bond motifs is 1. The molecular weight excluding hydrogens is 320 g/mol. The Balaban J connectivity index is 1.45. The summed E-state index contributed by atoms with van der Waals surface area (Å²) in [5.41, 5.74) is 2.07. The molecule has 24 heavy (non-hydrogen) atoms. The highest BCUT2D eigenvalue weighted by molar-refractivity contribution is 7.15. The van der Waals surface area contributed by atoms with E-state index in [9.17, 15) is 4.79 Å². The molecule has 1 aliphatic carbocycles. The minimum Gasteiger partial charge on any atom is -0.464 e. The molecule has 0 saturated heterocycles. The number of thiazole rings is 1. The first-order valence-corrected chi connectivity index (χ1v) is 9.32. The topological polar surface area (TPSA) is 55.1 Å². The summed E-state index contributed by atoms with van der Waals surface area (Å²) in [7, 11) is 0. The van der Waals surface area contributed by atoms with Crippen molar-refractivity contribution >= 4 is 33.3 Å². The number of anilines is 1. The molecule has 0 spiro atoms. The number of carbonyl (C=O) groups excluding carboxylic acids is 1. The SMILES string of the molecule is O=C(Nc1ncc(Cc2cccc3ccoc23)s1)C1CCCCC1. The van der Waals surface area contributed by atoms with Crippen LogP contribution in [0.2, 0.25) is 0 Å². The van der Waals surface area contributed by atoms with Crippen LogP contribution >= 0.6 is 11.3 Å². The summed E-state index contributed by atoms with van der Waals surface area (Å²) < 4.78 is 5.59. The predicted molar refractivity (Wildman–Crippen MR) is 96.3 cm³/mol. The van der Waals surface area contributed by atoms with E-state index in [1.165, 1.54) is 6.42 Å². The number of hydrogen-bond acceptors (Lipinski definition) is 4. The number of carbonyl (C=O) groups is 1. The van der Waals surface area contributed by atoms with Crippen LogP contribution in [-0.4, -0.2) is 10.9 Å². The van der Waals surface area contributed by atoms with E-state index in [1.807, 2.05) is 24.4 Å². The zero-order valence-corrected chi connectivity index (χ0v) is 14.3. The van der Waals surface area contributed by atoms with Crippen molar-refractivity contribution in [3.8, 4) is 0 Å². The van der Waals surface area contributed by atoms with Gasteiger partial charge >= 0.3 is 0 Å². The predicted octanol–water partition coefficient (Wildman–Crippen LogP) is 5.00. The third-order valence-electron chi connectivity index (χ3n) is 4.68. The third-order valence-corrected chi connectivity index (χ3v) is 5.60. The second kappa shape index (κ2) is 6.77. The van der Waals surface area contributed by atoms with Crippen LogP contribution < -0.4 is 5.32 Å². The van der Waals surface area contributed by atoms with Crippen LogP contribution in [0.4, 0.5) is 5.13 Å². The van der Waals surface area contributed by atoms with Crippen molar-refractivity contribution in [1.82, 2.24) is 4.98 Å². The van der Waals surface area contributed by atoms with Crippen LogP contribution in [-0.2, 0) is 11.2 Å². The van der Waals surface area contributed by atoms with Crippen LogP contribution in [0.1, 0.15) is 42.5 Å². The van der Waals surface area contributed by atoms with E-state index >= 15 is 0 Å². The first-order chi connectivity index (χ1) is 11.8. The summed E-state index contributed by atoms with van der Waals surface area (Å²) in [5.74, 6) is 0.284. The van der Waals surface area contributed by atoms with Gasteiger partial charge in [-0.2, -0.15) is 0 Å². The maximum atomic E-state index is 12.3. The quantitative estimate of drug-likeness (QED) is 0.727. The van der Waals surface area contributed by atoms with Gasteiger partial charge in [0, 0.05) is 34.4 Å². The molecule has 5 heteroatoms. The molecule has 4 rings (SSSR count). The fourth-order valence-corrected chi connectivity index (χ4v) is 4.24. The molecule has 3 aromatic rings. The lowest BCUT2D eigenvalue weighted by atomic mass is 9.89. The number of benzene rings is 1. The highest BCUT2D eigenvalue weighted by atomic mass is 32.1. The summed E-state index contributed by atoms with van der Waals surface area (Å²) in [6.07, 6.45) is 9.92. The molecule has 0 radical (unpaired) electrons. The van der Waals surface area contributed by atoms with Gasteiger partial charge in [-0.1, -0.05) is 37.5 Å². The van der Waals surface area contributed by atoms with Gasteiger partial charge in [-0.3, -0.25) is 4.79 Å². The Hall–Kier alpha value is -2.14. The van der Waals surface area contributed by atoms with E-state index in [2.05, 4.69) is 16.4 Å². The Labute approximate surface area is 144 Å². The number of para-hydroxylation sites is 1. The molecule has 0 unspecified atom stereocenters. The largest absolute Gasteiger partial charge is 0.464 e. The zero-order valence-electron chi connectivity index (χ0n) is 13.5. The molecule has 1 N–H and O–H groups in total. The number of nitrogens with zero attached hydrogens (tertiary/aromatic N) is 1. The van der Waals surface area contributed by atoms with E-state index in [0.717, 1.165) is 53.5 Å². The summed E-state index contributed by atoms with van der Waals surface area (Å²) in [6, 6.07) is 8.14. The number of nitrogens with one attached hydrogen (secondary N) is 1. The van der Waals surface area contributed by atoms with Crippen molar-refractivity contribution in [2.24, 2.45) is 5.92 Å². The molecule has 1 aromatic carbocycles. The van der Waals surface area contributed by atoms with Gasteiger partial charge in [-0.25, -0.2) is 4.98 Å². The van der Waals surface area contributed by atoms with Crippen molar-refractivity contribution < 1.29 is 9.21 Å². The van der Waals surface area contributed by atoms with Crippen molar-refractivity contribution in [2.45, 2.75) is 38.5 Å². The number of aromatic nitrogens is 1. The highest BCUT2D eigenvalue weighted by Crippen LogP contribution is 2.28. The lowest BCUT2D eigenvalue weighted by Crippen LogP contribution is -2.24. The molecule has 1 aliphatic rings. The molecule has 0 atom stereocenters.